The summed E-state index contributed by atoms with van der Waals surface area (Å²) < 4.78 is 5.80. The standard InChI is InChI=1S/C52H100N2O6/c1-8-12-15-18-20-21-23-30-39-49(54(45-35-44-53(6)7)50(55)41-32-25-27-34-43-52(57)60-59-47(5)36-11-4)40-31-24-26-33-42-51(56)58-46-48(37-28-17-14-10-3)38-29-22-19-16-13-9-2/h33,42,47-49H,8-32,34-41,43-46H2,1-7H3. The molecule has 0 bridgehead atoms. The smallest absolute Gasteiger partial charge is 0.342 e. The van der Waals surface area contributed by atoms with Crippen molar-refractivity contribution in [3.8, 4) is 0 Å². The van der Waals surface area contributed by atoms with Gasteiger partial charge in [-0.05, 0) is 97.7 Å². The second-order valence-corrected chi connectivity index (χ2v) is 18.3. The van der Waals surface area contributed by atoms with Crippen LogP contribution < -0.4 is 0 Å². The largest absolute Gasteiger partial charge is 0.462 e. The molecule has 0 aliphatic carbocycles. The minimum Gasteiger partial charge on any atom is -0.462 e. The Kier molecular flexibility index (Phi) is 42.3. The molecule has 0 fully saturated rings. The Balaban J connectivity index is 5.17. The van der Waals surface area contributed by atoms with Gasteiger partial charge in [0.2, 0.25) is 5.91 Å². The number of allylic oxidation sites excluding steroid dienone is 1. The van der Waals surface area contributed by atoms with E-state index in [9.17, 15) is 14.4 Å². The number of amides is 1. The van der Waals surface area contributed by atoms with Crippen LogP contribution in [0.4, 0.5) is 0 Å². The van der Waals surface area contributed by atoms with Gasteiger partial charge >= 0.3 is 11.9 Å². The Bertz CT molecular complexity index is 1000. The van der Waals surface area contributed by atoms with Crippen LogP contribution in [0.3, 0.4) is 0 Å². The lowest BCUT2D eigenvalue weighted by Crippen LogP contribution is -2.41. The molecule has 0 spiro atoms. The normalized spacial score (nSPS) is 13.2. The summed E-state index contributed by atoms with van der Waals surface area (Å²) in [7, 11) is 4.20. The molecule has 1 amide bonds. The van der Waals surface area contributed by atoms with Gasteiger partial charge in [-0.3, -0.25) is 9.68 Å². The van der Waals surface area contributed by atoms with Gasteiger partial charge in [0, 0.05) is 31.5 Å². The van der Waals surface area contributed by atoms with Crippen molar-refractivity contribution in [1.29, 1.82) is 0 Å². The summed E-state index contributed by atoms with van der Waals surface area (Å²) in [4.78, 5) is 53.3. The molecule has 8 heteroatoms. The van der Waals surface area contributed by atoms with Crippen LogP contribution in [0.1, 0.15) is 253 Å². The summed E-state index contributed by atoms with van der Waals surface area (Å²) in [5, 5.41) is 0. The minimum absolute atomic E-state index is 0.0789. The van der Waals surface area contributed by atoms with Gasteiger partial charge < -0.3 is 14.5 Å². The number of unbranched alkanes of at least 4 members (excludes halogenated alkanes) is 20. The third kappa shape index (κ3) is 37.8. The van der Waals surface area contributed by atoms with E-state index in [0.717, 1.165) is 109 Å². The summed E-state index contributed by atoms with van der Waals surface area (Å²) in [6, 6.07) is 0.250. The predicted molar refractivity (Wildman–Crippen MR) is 254 cm³/mol. The molecule has 3 atom stereocenters. The molecule has 8 nitrogen and oxygen atoms in total. The molecule has 0 saturated carbocycles. The molecular weight excluding hydrogens is 749 g/mol. The number of carbonyl (C=O) groups is 3. The molecule has 0 aromatic rings. The second kappa shape index (κ2) is 43.7. The topological polar surface area (TPSA) is 85.4 Å². The summed E-state index contributed by atoms with van der Waals surface area (Å²) >= 11 is 0. The van der Waals surface area contributed by atoms with Gasteiger partial charge in [-0.15, -0.1) is 0 Å². The maximum absolute atomic E-state index is 13.9. The zero-order valence-corrected chi connectivity index (χ0v) is 40.9. The molecule has 0 aromatic carbocycles. The molecule has 0 aliphatic heterocycles. The van der Waals surface area contributed by atoms with Crippen molar-refractivity contribution in [3.05, 3.63) is 12.2 Å². The molecule has 0 heterocycles. The average molecular weight is 849 g/mol. The third-order valence-electron chi connectivity index (χ3n) is 12.0. The number of hydrogen-bond acceptors (Lipinski definition) is 7. The van der Waals surface area contributed by atoms with Crippen molar-refractivity contribution < 1.29 is 28.9 Å². The molecule has 0 aliphatic rings. The van der Waals surface area contributed by atoms with Crippen LogP contribution in [0.25, 0.3) is 0 Å². The Hall–Kier alpha value is -1.93. The first-order chi connectivity index (χ1) is 29.2. The number of rotatable bonds is 45. The third-order valence-corrected chi connectivity index (χ3v) is 12.0. The fraction of sp³-hybridized carbons (Fsp3) is 0.904. The zero-order valence-electron chi connectivity index (χ0n) is 40.9. The molecule has 60 heavy (non-hydrogen) atoms. The van der Waals surface area contributed by atoms with Crippen molar-refractivity contribution in [3.63, 3.8) is 0 Å². The van der Waals surface area contributed by atoms with Gasteiger partial charge in [-0.25, -0.2) is 9.59 Å². The van der Waals surface area contributed by atoms with Gasteiger partial charge in [0.05, 0.1) is 6.61 Å². The number of nitrogens with zero attached hydrogens (tertiary/aromatic N) is 2. The van der Waals surface area contributed by atoms with Crippen molar-refractivity contribution >= 4 is 17.8 Å². The van der Waals surface area contributed by atoms with E-state index < -0.39 is 0 Å². The Labute approximate surface area is 372 Å². The van der Waals surface area contributed by atoms with Gasteiger partial charge in [0.1, 0.15) is 6.10 Å². The summed E-state index contributed by atoms with van der Waals surface area (Å²) in [5.74, 6) is 0.240. The van der Waals surface area contributed by atoms with Crippen LogP contribution in [0, 0.1) is 5.92 Å². The Morgan fingerprint density at radius 1 is 0.533 bits per heavy atom. The first kappa shape index (κ1) is 58.1. The number of ether oxygens (including phenoxy) is 1. The second-order valence-electron chi connectivity index (χ2n) is 18.3. The van der Waals surface area contributed by atoms with Crippen LogP contribution in [-0.2, 0) is 28.9 Å². The van der Waals surface area contributed by atoms with Crippen LogP contribution >= 0.6 is 0 Å². The average Bonchev–Trinajstić information content (AvgIpc) is 3.23. The summed E-state index contributed by atoms with van der Waals surface area (Å²) in [5.41, 5.74) is 0. The first-order valence-electron chi connectivity index (χ1n) is 25.8. The van der Waals surface area contributed by atoms with Gasteiger partial charge in [-0.1, -0.05) is 175 Å². The van der Waals surface area contributed by atoms with Crippen molar-refractivity contribution in [1.82, 2.24) is 9.80 Å². The SMILES string of the molecule is CCCCCCCCCCC(CCCCC=CC(=O)OCC(CCCCCC)CCCCCCCC)N(CCCN(C)C)C(=O)CCCCCCC(=O)OOC(C)CCC. The highest BCUT2D eigenvalue weighted by Crippen LogP contribution is 2.22. The highest BCUT2D eigenvalue weighted by molar-refractivity contribution is 5.81. The van der Waals surface area contributed by atoms with E-state index in [2.05, 4.69) is 51.6 Å². The quantitative estimate of drug-likeness (QED) is 0.0198. The fourth-order valence-corrected chi connectivity index (χ4v) is 8.17. The van der Waals surface area contributed by atoms with Crippen molar-refractivity contribution in [2.75, 3.05) is 33.8 Å². The van der Waals surface area contributed by atoms with Crippen LogP contribution in [0.2, 0.25) is 0 Å². The van der Waals surface area contributed by atoms with E-state index in [4.69, 9.17) is 14.5 Å². The lowest BCUT2D eigenvalue weighted by molar-refractivity contribution is -0.295. The zero-order chi connectivity index (χ0) is 44.3. The summed E-state index contributed by atoms with van der Waals surface area (Å²) in [6.07, 6.45) is 41.1. The highest BCUT2D eigenvalue weighted by atomic mass is 17.2. The predicted octanol–water partition coefficient (Wildman–Crippen LogP) is 14.7. The van der Waals surface area contributed by atoms with E-state index in [-0.39, 0.29) is 30.0 Å². The highest BCUT2D eigenvalue weighted by Gasteiger charge is 2.23. The van der Waals surface area contributed by atoms with Gasteiger partial charge in [0.25, 0.3) is 0 Å². The summed E-state index contributed by atoms with van der Waals surface area (Å²) in [6.45, 7) is 13.1. The Morgan fingerprint density at radius 2 is 1.03 bits per heavy atom. The maximum Gasteiger partial charge on any atom is 0.342 e. The molecule has 0 aromatic heterocycles. The van der Waals surface area contributed by atoms with Crippen molar-refractivity contribution in [2.45, 2.75) is 265 Å². The van der Waals surface area contributed by atoms with Crippen LogP contribution in [0.15, 0.2) is 12.2 Å². The molecule has 0 N–H and O–H groups in total. The van der Waals surface area contributed by atoms with E-state index in [1.807, 2.05) is 13.0 Å². The molecule has 0 saturated heterocycles. The minimum atomic E-state index is -0.309. The van der Waals surface area contributed by atoms with Gasteiger partial charge in [-0.2, -0.15) is 4.89 Å². The number of carbonyl (C=O) groups excluding carboxylic acids is 3. The van der Waals surface area contributed by atoms with E-state index >= 15 is 0 Å². The lowest BCUT2D eigenvalue weighted by Gasteiger charge is -2.33. The number of esters is 1. The van der Waals surface area contributed by atoms with Crippen LogP contribution in [0.5, 0.6) is 0 Å². The fourth-order valence-electron chi connectivity index (χ4n) is 8.17. The van der Waals surface area contributed by atoms with Gasteiger partial charge in [0.15, 0.2) is 0 Å². The molecule has 354 valence electrons. The first-order valence-corrected chi connectivity index (χ1v) is 25.8. The number of hydrogen-bond donors (Lipinski definition) is 0. The monoisotopic (exact) mass is 849 g/mol. The maximum atomic E-state index is 13.9. The van der Waals surface area contributed by atoms with Crippen molar-refractivity contribution in [2.24, 2.45) is 5.92 Å². The van der Waals surface area contributed by atoms with Crippen LogP contribution in [-0.4, -0.2) is 73.6 Å². The van der Waals surface area contributed by atoms with E-state index in [1.165, 1.54) is 109 Å². The van der Waals surface area contributed by atoms with E-state index in [1.54, 1.807) is 6.08 Å². The Morgan fingerprint density at radius 3 is 1.60 bits per heavy atom. The van der Waals surface area contributed by atoms with E-state index in [0.29, 0.717) is 25.4 Å². The molecule has 3 unspecified atom stereocenters. The molecule has 0 radical (unpaired) electrons. The molecular formula is C52H100N2O6. The molecule has 0 rings (SSSR count). The lowest BCUT2D eigenvalue weighted by atomic mass is 9.95.